The predicted molar refractivity (Wildman–Crippen MR) is 128 cm³/mol. The number of aromatic nitrogens is 1. The van der Waals surface area contributed by atoms with Crippen molar-refractivity contribution in [2.45, 2.75) is 45.1 Å². The van der Waals surface area contributed by atoms with Crippen molar-refractivity contribution in [2.24, 2.45) is 5.92 Å². The first-order chi connectivity index (χ1) is 16.0. The van der Waals surface area contributed by atoms with Gasteiger partial charge in [0.05, 0.1) is 20.3 Å². The predicted octanol–water partition coefficient (Wildman–Crippen LogP) is 4.38. The van der Waals surface area contributed by atoms with E-state index >= 15 is 0 Å². The molecular formula is C27H30N2O4. The number of aromatic amines is 1. The van der Waals surface area contributed by atoms with Gasteiger partial charge in [-0.25, -0.2) is 0 Å². The van der Waals surface area contributed by atoms with Crippen molar-refractivity contribution in [2.75, 3.05) is 20.8 Å². The fourth-order valence-electron chi connectivity index (χ4n) is 5.10. The van der Waals surface area contributed by atoms with Crippen molar-refractivity contribution < 1.29 is 14.3 Å². The molecule has 2 heterocycles. The van der Waals surface area contributed by atoms with E-state index in [4.69, 9.17) is 9.47 Å². The molecule has 0 spiro atoms. The van der Waals surface area contributed by atoms with Gasteiger partial charge in [0.25, 0.3) is 5.56 Å². The molecule has 1 aliphatic carbocycles. The van der Waals surface area contributed by atoms with Crippen LogP contribution in [0.4, 0.5) is 0 Å². The topological polar surface area (TPSA) is 71.6 Å². The van der Waals surface area contributed by atoms with Gasteiger partial charge in [0.2, 0.25) is 5.91 Å². The number of pyridine rings is 1. The Hall–Kier alpha value is -3.28. The summed E-state index contributed by atoms with van der Waals surface area (Å²) in [6.45, 7) is 2.69. The molecule has 1 fully saturated rings. The highest BCUT2D eigenvalue weighted by atomic mass is 16.5. The first-order valence-corrected chi connectivity index (χ1v) is 11.7. The first-order valence-electron chi connectivity index (χ1n) is 11.7. The van der Waals surface area contributed by atoms with Crippen LogP contribution >= 0.6 is 0 Å². The summed E-state index contributed by atoms with van der Waals surface area (Å²) in [5.74, 6) is 1.47. The minimum atomic E-state index is -0.458. The number of ether oxygens (including phenoxy) is 2. The molecule has 6 nitrogen and oxygen atoms in total. The van der Waals surface area contributed by atoms with E-state index in [1.165, 1.54) is 5.56 Å². The average molecular weight is 447 g/mol. The Morgan fingerprint density at radius 1 is 1.06 bits per heavy atom. The number of carbonyl (C=O) groups excluding carboxylic acids is 1. The second-order valence-corrected chi connectivity index (χ2v) is 9.05. The van der Waals surface area contributed by atoms with Crippen molar-refractivity contribution in [3.63, 3.8) is 0 Å². The third-order valence-corrected chi connectivity index (χ3v) is 7.25. The molecule has 1 aromatic heterocycles. The van der Waals surface area contributed by atoms with Crippen LogP contribution in [0.1, 0.15) is 54.5 Å². The minimum absolute atomic E-state index is 0.0559. The summed E-state index contributed by atoms with van der Waals surface area (Å²) in [5, 5.41) is 0.979. The number of amides is 1. The lowest BCUT2D eigenvalue weighted by Gasteiger charge is -2.41. The molecule has 1 atom stereocenters. The van der Waals surface area contributed by atoms with E-state index in [0.717, 1.165) is 54.1 Å². The molecule has 1 saturated carbocycles. The van der Waals surface area contributed by atoms with E-state index < -0.39 is 6.04 Å². The maximum Gasteiger partial charge on any atom is 0.254 e. The Balaban J connectivity index is 1.71. The van der Waals surface area contributed by atoms with E-state index in [-0.39, 0.29) is 17.4 Å². The summed E-state index contributed by atoms with van der Waals surface area (Å²) in [6.07, 6.45) is 4.58. The number of rotatable bonds is 5. The second kappa shape index (κ2) is 8.58. The summed E-state index contributed by atoms with van der Waals surface area (Å²) in [7, 11) is 3.23. The van der Waals surface area contributed by atoms with E-state index in [1.807, 2.05) is 35.2 Å². The average Bonchev–Trinajstić information content (AvgIpc) is 2.80. The van der Waals surface area contributed by atoms with Crippen molar-refractivity contribution in [3.05, 3.63) is 69.0 Å². The fraction of sp³-hybridized carbons (Fsp3) is 0.407. The number of hydrogen-bond acceptors (Lipinski definition) is 4. The lowest BCUT2D eigenvalue weighted by atomic mass is 9.81. The lowest BCUT2D eigenvalue weighted by molar-refractivity contribution is -0.140. The van der Waals surface area contributed by atoms with Gasteiger partial charge >= 0.3 is 0 Å². The Kier molecular flexibility index (Phi) is 5.60. The maximum atomic E-state index is 13.5. The summed E-state index contributed by atoms with van der Waals surface area (Å²) in [6, 6.07) is 11.5. The minimum Gasteiger partial charge on any atom is -0.493 e. The van der Waals surface area contributed by atoms with Crippen LogP contribution in [0.15, 0.2) is 41.2 Å². The largest absolute Gasteiger partial charge is 0.493 e. The SMILES string of the molecule is CCc1ccc2[nH]c(=O)c([C@@H]3c4cc(OC)c(OC)cc4CCN3C(=O)C3CCC3)cc2c1. The van der Waals surface area contributed by atoms with E-state index in [2.05, 4.69) is 18.0 Å². The van der Waals surface area contributed by atoms with Crippen LogP contribution < -0.4 is 15.0 Å². The number of benzene rings is 2. The van der Waals surface area contributed by atoms with Crippen molar-refractivity contribution in [1.29, 1.82) is 0 Å². The van der Waals surface area contributed by atoms with Gasteiger partial charge in [-0.2, -0.15) is 0 Å². The van der Waals surface area contributed by atoms with Gasteiger partial charge in [0, 0.05) is 23.5 Å². The molecule has 1 aliphatic heterocycles. The number of carbonyl (C=O) groups is 1. The van der Waals surface area contributed by atoms with Crippen LogP contribution in [0, 0.1) is 5.92 Å². The van der Waals surface area contributed by atoms with Crippen LogP contribution in [-0.4, -0.2) is 36.6 Å². The highest BCUT2D eigenvalue weighted by molar-refractivity contribution is 5.83. The van der Waals surface area contributed by atoms with Gasteiger partial charge in [0.1, 0.15) is 0 Å². The van der Waals surface area contributed by atoms with Gasteiger partial charge < -0.3 is 19.4 Å². The van der Waals surface area contributed by atoms with Gasteiger partial charge in [0.15, 0.2) is 11.5 Å². The van der Waals surface area contributed by atoms with E-state index in [9.17, 15) is 9.59 Å². The Bertz CT molecular complexity index is 1280. The maximum absolute atomic E-state index is 13.5. The molecule has 0 radical (unpaired) electrons. The van der Waals surface area contributed by atoms with Crippen LogP contribution in [0.2, 0.25) is 0 Å². The zero-order valence-electron chi connectivity index (χ0n) is 19.4. The number of fused-ring (bicyclic) bond motifs is 2. The molecule has 6 heteroatoms. The zero-order valence-corrected chi connectivity index (χ0v) is 19.4. The third-order valence-electron chi connectivity index (χ3n) is 7.25. The highest BCUT2D eigenvalue weighted by Crippen LogP contribution is 2.42. The van der Waals surface area contributed by atoms with Gasteiger partial charge in [-0.15, -0.1) is 0 Å². The molecule has 0 unspecified atom stereocenters. The molecule has 3 aromatic rings. The summed E-state index contributed by atoms with van der Waals surface area (Å²) in [5.41, 5.74) is 4.46. The van der Waals surface area contributed by atoms with E-state index in [0.29, 0.717) is 23.6 Å². The smallest absolute Gasteiger partial charge is 0.254 e. The number of methoxy groups -OCH3 is 2. The van der Waals surface area contributed by atoms with Crippen molar-refractivity contribution >= 4 is 16.8 Å². The molecule has 33 heavy (non-hydrogen) atoms. The highest BCUT2D eigenvalue weighted by Gasteiger charge is 2.39. The number of nitrogens with one attached hydrogen (secondary N) is 1. The van der Waals surface area contributed by atoms with Gasteiger partial charge in [-0.3, -0.25) is 9.59 Å². The summed E-state index contributed by atoms with van der Waals surface area (Å²) in [4.78, 5) is 31.8. The zero-order chi connectivity index (χ0) is 23.1. The number of nitrogens with zero attached hydrogens (tertiary/aromatic N) is 1. The summed E-state index contributed by atoms with van der Waals surface area (Å²) >= 11 is 0. The monoisotopic (exact) mass is 446 g/mol. The van der Waals surface area contributed by atoms with Crippen molar-refractivity contribution in [1.82, 2.24) is 9.88 Å². The standard InChI is InChI=1S/C27H30N2O4/c1-4-16-8-9-22-19(12-16)13-21(26(30)28-22)25-20-15-24(33-3)23(32-2)14-18(20)10-11-29(25)27(31)17-6-5-7-17/h8-9,12-15,17,25H,4-7,10-11H2,1-3H3,(H,28,30)/t25-/m0/s1. The fourth-order valence-corrected chi connectivity index (χ4v) is 5.10. The number of hydrogen-bond donors (Lipinski definition) is 1. The molecule has 0 saturated heterocycles. The normalized spacial score (nSPS) is 18.0. The van der Waals surface area contributed by atoms with Gasteiger partial charge in [-0.05, 0) is 78.1 Å². The van der Waals surface area contributed by atoms with Crippen LogP contribution in [0.5, 0.6) is 11.5 Å². The molecule has 1 amide bonds. The second-order valence-electron chi connectivity index (χ2n) is 9.05. The molecule has 2 aromatic carbocycles. The number of H-pyrrole nitrogens is 1. The van der Waals surface area contributed by atoms with Gasteiger partial charge in [-0.1, -0.05) is 19.4 Å². The Labute approximate surface area is 193 Å². The molecule has 2 aliphatic rings. The first kappa shape index (κ1) is 21.6. The van der Waals surface area contributed by atoms with Crippen molar-refractivity contribution in [3.8, 4) is 11.5 Å². The summed E-state index contributed by atoms with van der Waals surface area (Å²) < 4.78 is 11.1. The Morgan fingerprint density at radius 3 is 2.48 bits per heavy atom. The molecular weight excluding hydrogens is 416 g/mol. The lowest BCUT2D eigenvalue weighted by Crippen LogP contribution is -2.46. The molecule has 5 rings (SSSR count). The number of aryl methyl sites for hydroxylation is 1. The molecule has 1 N–H and O–H groups in total. The quantitative estimate of drug-likeness (QED) is 0.631. The van der Waals surface area contributed by atoms with Crippen LogP contribution in [0.3, 0.4) is 0 Å². The van der Waals surface area contributed by atoms with Crippen LogP contribution in [0.25, 0.3) is 10.9 Å². The van der Waals surface area contributed by atoms with E-state index in [1.54, 1.807) is 14.2 Å². The van der Waals surface area contributed by atoms with Crippen LogP contribution in [-0.2, 0) is 17.6 Å². The Morgan fingerprint density at radius 2 is 1.82 bits per heavy atom. The molecule has 0 bridgehead atoms. The third kappa shape index (κ3) is 3.67. The molecule has 172 valence electrons.